The molecule has 112 valence electrons. The molecule has 1 rings (SSSR count). The summed E-state index contributed by atoms with van der Waals surface area (Å²) in [5.41, 5.74) is -0.0295. The Kier molecular flexibility index (Phi) is 8.78. The third kappa shape index (κ3) is 5.27. The molecule has 5 nitrogen and oxygen atoms in total. The summed E-state index contributed by atoms with van der Waals surface area (Å²) in [6, 6.07) is 6.18. The molecule has 0 unspecified atom stereocenters. The number of rotatable bonds is 7. The minimum absolute atomic E-state index is 0. The monoisotopic (exact) mass is 337 g/mol. The average Bonchev–Trinajstić information content (AvgIpc) is 2.38. The third-order valence-corrected chi connectivity index (χ3v) is 4.22. The maximum atomic E-state index is 12.0. The second-order valence-electron chi connectivity index (χ2n) is 3.87. The van der Waals surface area contributed by atoms with Gasteiger partial charge in [0.2, 0.25) is 10.0 Å². The molecule has 0 amide bonds. The van der Waals surface area contributed by atoms with Crippen molar-refractivity contribution in [3.05, 3.63) is 28.8 Å². The fraction of sp³-hybridized carbons (Fsp3) is 0.417. The molecule has 0 saturated carbocycles. The van der Waals surface area contributed by atoms with Gasteiger partial charge in [0.15, 0.2) is 0 Å². The Bertz CT molecular complexity index is 571. The molecule has 8 heteroatoms. The third-order valence-electron chi connectivity index (χ3n) is 2.40. The van der Waals surface area contributed by atoms with Crippen LogP contribution >= 0.6 is 24.0 Å². The predicted octanol–water partition coefficient (Wildman–Crippen LogP) is 1.91. The van der Waals surface area contributed by atoms with Gasteiger partial charge >= 0.3 is 0 Å². The predicted molar refractivity (Wildman–Crippen MR) is 81.8 cm³/mol. The van der Waals surface area contributed by atoms with Gasteiger partial charge in [-0.25, -0.2) is 13.1 Å². The topological polar surface area (TPSA) is 82.0 Å². The summed E-state index contributed by atoms with van der Waals surface area (Å²) in [5, 5.41) is 12.2. The van der Waals surface area contributed by atoms with Crippen molar-refractivity contribution in [3.63, 3.8) is 0 Å². The smallest absolute Gasteiger partial charge is 0.241 e. The molecule has 0 aromatic heterocycles. The molecule has 0 spiro atoms. The zero-order valence-electron chi connectivity index (χ0n) is 11.0. The van der Waals surface area contributed by atoms with Crippen molar-refractivity contribution in [2.24, 2.45) is 0 Å². The minimum Gasteiger partial charge on any atom is -0.315 e. The molecule has 1 aromatic carbocycles. The van der Waals surface area contributed by atoms with Crippen molar-refractivity contribution in [1.29, 1.82) is 5.26 Å². The number of sulfonamides is 1. The number of hydrogen-bond donors (Lipinski definition) is 2. The van der Waals surface area contributed by atoms with Crippen LogP contribution in [-0.2, 0) is 10.0 Å². The van der Waals surface area contributed by atoms with Crippen molar-refractivity contribution in [1.82, 2.24) is 10.0 Å². The van der Waals surface area contributed by atoms with Gasteiger partial charge in [-0.2, -0.15) is 5.26 Å². The SMILES string of the molecule is CCCNCCNS(=O)(=O)c1cccc(Cl)c1C#N.Cl. The first-order valence-corrected chi connectivity index (χ1v) is 7.78. The molecule has 2 N–H and O–H groups in total. The van der Waals surface area contributed by atoms with E-state index in [1.54, 1.807) is 0 Å². The van der Waals surface area contributed by atoms with E-state index in [0.29, 0.717) is 6.54 Å². The van der Waals surface area contributed by atoms with Gasteiger partial charge < -0.3 is 5.32 Å². The highest BCUT2D eigenvalue weighted by Crippen LogP contribution is 2.22. The molecule has 0 fully saturated rings. The zero-order chi connectivity index (χ0) is 14.3. The number of halogens is 2. The van der Waals surface area contributed by atoms with Crippen molar-refractivity contribution in [2.75, 3.05) is 19.6 Å². The van der Waals surface area contributed by atoms with Crippen LogP contribution < -0.4 is 10.0 Å². The van der Waals surface area contributed by atoms with Crippen LogP contribution in [0.1, 0.15) is 18.9 Å². The van der Waals surface area contributed by atoms with Gasteiger partial charge in [0.1, 0.15) is 11.0 Å². The molecule has 0 aliphatic carbocycles. The summed E-state index contributed by atoms with van der Waals surface area (Å²) in [5.74, 6) is 0. The molecular formula is C12H17Cl2N3O2S. The molecule has 0 heterocycles. The van der Waals surface area contributed by atoms with Crippen LogP contribution in [0.3, 0.4) is 0 Å². The lowest BCUT2D eigenvalue weighted by molar-refractivity contribution is 0.575. The van der Waals surface area contributed by atoms with Crippen LogP contribution in [0, 0.1) is 11.3 Å². The number of nitrogens with one attached hydrogen (secondary N) is 2. The first-order valence-electron chi connectivity index (χ1n) is 5.92. The van der Waals surface area contributed by atoms with Crippen LogP contribution in [0.5, 0.6) is 0 Å². The Balaban J connectivity index is 0.00000361. The van der Waals surface area contributed by atoms with E-state index >= 15 is 0 Å². The average molecular weight is 338 g/mol. The van der Waals surface area contributed by atoms with Gasteiger partial charge in [-0.3, -0.25) is 0 Å². The number of nitrogens with zero attached hydrogens (tertiary/aromatic N) is 1. The second-order valence-corrected chi connectivity index (χ2v) is 6.02. The molecule has 0 bridgehead atoms. The number of nitriles is 1. The summed E-state index contributed by atoms with van der Waals surface area (Å²) in [6.45, 7) is 3.67. The van der Waals surface area contributed by atoms with E-state index in [9.17, 15) is 8.42 Å². The lowest BCUT2D eigenvalue weighted by Crippen LogP contribution is -2.32. The Morgan fingerprint density at radius 3 is 2.60 bits per heavy atom. The van der Waals surface area contributed by atoms with Crippen LogP contribution in [0.25, 0.3) is 0 Å². The summed E-state index contributed by atoms with van der Waals surface area (Å²) in [6.07, 6.45) is 0.986. The van der Waals surface area contributed by atoms with E-state index in [4.69, 9.17) is 16.9 Å². The summed E-state index contributed by atoms with van der Waals surface area (Å²) in [4.78, 5) is -0.0852. The summed E-state index contributed by atoms with van der Waals surface area (Å²) < 4.78 is 26.5. The Morgan fingerprint density at radius 1 is 1.30 bits per heavy atom. The van der Waals surface area contributed by atoms with E-state index in [2.05, 4.69) is 10.0 Å². The van der Waals surface area contributed by atoms with Gasteiger partial charge in [0.05, 0.1) is 10.6 Å². The number of hydrogen-bond acceptors (Lipinski definition) is 4. The first-order chi connectivity index (χ1) is 9.03. The lowest BCUT2D eigenvalue weighted by Gasteiger charge is -2.09. The lowest BCUT2D eigenvalue weighted by atomic mass is 10.2. The molecule has 0 saturated heterocycles. The van der Waals surface area contributed by atoms with Crippen LogP contribution in [-0.4, -0.2) is 28.1 Å². The van der Waals surface area contributed by atoms with Gasteiger partial charge in [-0.15, -0.1) is 12.4 Å². The van der Waals surface area contributed by atoms with Crippen LogP contribution in [0.2, 0.25) is 5.02 Å². The maximum absolute atomic E-state index is 12.0. The highest BCUT2D eigenvalue weighted by atomic mass is 35.5. The van der Waals surface area contributed by atoms with Crippen LogP contribution in [0.15, 0.2) is 23.1 Å². The maximum Gasteiger partial charge on any atom is 0.241 e. The Morgan fingerprint density at radius 2 is 2.00 bits per heavy atom. The molecule has 20 heavy (non-hydrogen) atoms. The molecule has 1 aromatic rings. The first kappa shape index (κ1) is 19.2. The molecule has 0 aliphatic heterocycles. The van der Waals surface area contributed by atoms with Crippen LogP contribution in [0.4, 0.5) is 0 Å². The Labute approximate surface area is 130 Å². The fourth-order valence-electron chi connectivity index (χ4n) is 1.49. The standard InChI is InChI=1S/C12H16ClN3O2S.ClH/c1-2-6-15-7-8-16-19(17,18)12-5-3-4-11(13)10(12)9-14;/h3-5,15-16H,2,6-8H2,1H3;1H. The molecule has 0 atom stereocenters. The molecular weight excluding hydrogens is 321 g/mol. The van der Waals surface area contributed by atoms with Crippen molar-refractivity contribution in [3.8, 4) is 6.07 Å². The highest BCUT2D eigenvalue weighted by Gasteiger charge is 2.19. The zero-order valence-corrected chi connectivity index (χ0v) is 13.4. The molecule has 0 radical (unpaired) electrons. The quantitative estimate of drug-likeness (QED) is 0.744. The van der Waals surface area contributed by atoms with Gasteiger partial charge in [0.25, 0.3) is 0 Å². The minimum atomic E-state index is -3.71. The van der Waals surface area contributed by atoms with E-state index in [1.165, 1.54) is 18.2 Å². The van der Waals surface area contributed by atoms with Gasteiger partial charge in [-0.1, -0.05) is 24.6 Å². The van der Waals surface area contributed by atoms with E-state index in [1.807, 2.05) is 13.0 Å². The normalized spacial score (nSPS) is 10.7. The van der Waals surface area contributed by atoms with Crippen molar-refractivity contribution in [2.45, 2.75) is 18.2 Å². The summed E-state index contributed by atoms with van der Waals surface area (Å²) >= 11 is 5.81. The van der Waals surface area contributed by atoms with E-state index in [-0.39, 0.29) is 34.4 Å². The van der Waals surface area contributed by atoms with E-state index < -0.39 is 10.0 Å². The van der Waals surface area contributed by atoms with Crippen molar-refractivity contribution >= 4 is 34.0 Å². The van der Waals surface area contributed by atoms with Gasteiger partial charge in [0, 0.05) is 13.1 Å². The fourth-order valence-corrected chi connectivity index (χ4v) is 2.97. The largest absolute Gasteiger partial charge is 0.315 e. The summed E-state index contributed by atoms with van der Waals surface area (Å²) in [7, 11) is -3.71. The Hall–Kier alpha value is -0.840. The number of benzene rings is 1. The highest BCUT2D eigenvalue weighted by molar-refractivity contribution is 7.89. The van der Waals surface area contributed by atoms with E-state index in [0.717, 1.165) is 13.0 Å². The van der Waals surface area contributed by atoms with Gasteiger partial charge in [-0.05, 0) is 25.1 Å². The molecule has 0 aliphatic rings. The second kappa shape index (κ2) is 9.16. The van der Waals surface area contributed by atoms with Crippen molar-refractivity contribution < 1.29 is 8.42 Å².